The molecule has 0 saturated carbocycles. The fraction of sp³-hybridized carbons (Fsp3) is 0.318. The molecule has 1 atom stereocenters. The van der Waals surface area contributed by atoms with Crippen LogP contribution in [-0.4, -0.2) is 32.7 Å². The summed E-state index contributed by atoms with van der Waals surface area (Å²) in [5, 5.41) is 19.1. The van der Waals surface area contributed by atoms with Crippen molar-refractivity contribution in [1.29, 1.82) is 5.26 Å². The van der Waals surface area contributed by atoms with Gasteiger partial charge in [-0.2, -0.15) is 5.26 Å². The molecule has 0 amide bonds. The van der Waals surface area contributed by atoms with Gasteiger partial charge in [0.1, 0.15) is 5.82 Å². The summed E-state index contributed by atoms with van der Waals surface area (Å²) in [6, 6.07) is 17.1. The summed E-state index contributed by atoms with van der Waals surface area (Å²) in [6.07, 6.45) is 1.95. The van der Waals surface area contributed by atoms with Crippen LogP contribution >= 0.6 is 0 Å². The van der Waals surface area contributed by atoms with Gasteiger partial charge in [0.15, 0.2) is 0 Å². The molecule has 0 spiro atoms. The molecule has 1 fully saturated rings. The van der Waals surface area contributed by atoms with Gasteiger partial charge in [0.25, 0.3) is 5.56 Å². The van der Waals surface area contributed by atoms with E-state index in [1.54, 1.807) is 10.6 Å². The summed E-state index contributed by atoms with van der Waals surface area (Å²) < 4.78 is 1.63. The van der Waals surface area contributed by atoms with Crippen molar-refractivity contribution in [3.05, 3.63) is 75.8 Å². The highest BCUT2D eigenvalue weighted by Gasteiger charge is 2.30. The molecule has 1 aromatic heterocycles. The van der Waals surface area contributed by atoms with Crippen LogP contribution in [0, 0.1) is 11.3 Å². The average Bonchev–Trinajstić information content (AvgIpc) is 3.18. The third-order valence-electron chi connectivity index (χ3n) is 5.35. The van der Waals surface area contributed by atoms with Crippen LogP contribution in [-0.2, 0) is 13.1 Å². The molecule has 4 rings (SSSR count). The van der Waals surface area contributed by atoms with Crippen LogP contribution in [0.3, 0.4) is 0 Å². The fourth-order valence-electron chi connectivity index (χ4n) is 3.98. The number of likely N-dealkylation sites (tertiary alicyclic amines) is 1. The van der Waals surface area contributed by atoms with Crippen LogP contribution in [0.2, 0.25) is 0 Å². The first kappa shape index (κ1) is 18.4. The molecule has 0 aliphatic carbocycles. The Morgan fingerprint density at radius 3 is 2.71 bits per heavy atom. The minimum Gasteiger partial charge on any atom is -0.395 e. The molecule has 1 aliphatic rings. The largest absolute Gasteiger partial charge is 0.395 e. The molecule has 142 valence electrons. The van der Waals surface area contributed by atoms with E-state index in [4.69, 9.17) is 10.2 Å². The van der Waals surface area contributed by atoms with Crippen molar-refractivity contribution in [2.24, 2.45) is 0 Å². The number of aromatic nitrogens is 2. The molecule has 2 aromatic carbocycles. The maximum Gasteiger partial charge on any atom is 0.261 e. The molecular weight excluding hydrogens is 352 g/mol. The second kappa shape index (κ2) is 7.93. The zero-order valence-electron chi connectivity index (χ0n) is 15.6. The van der Waals surface area contributed by atoms with Crippen LogP contribution in [0.1, 0.15) is 35.8 Å². The van der Waals surface area contributed by atoms with E-state index in [0.29, 0.717) is 16.5 Å². The zero-order valence-corrected chi connectivity index (χ0v) is 15.6. The van der Waals surface area contributed by atoms with Crippen LogP contribution in [0.5, 0.6) is 0 Å². The van der Waals surface area contributed by atoms with E-state index < -0.39 is 0 Å². The van der Waals surface area contributed by atoms with Gasteiger partial charge < -0.3 is 5.11 Å². The Morgan fingerprint density at radius 2 is 1.96 bits per heavy atom. The number of benzene rings is 2. The van der Waals surface area contributed by atoms with Gasteiger partial charge in [-0.05, 0) is 49.2 Å². The van der Waals surface area contributed by atoms with E-state index in [0.717, 1.165) is 37.3 Å². The Labute approximate surface area is 163 Å². The fourth-order valence-corrected chi connectivity index (χ4v) is 3.98. The SMILES string of the molecule is N#Cc1ccc(CN2CCCC2c2nc3ccccc3c(=O)n2CCO)cc1. The van der Waals surface area contributed by atoms with Crippen LogP contribution in [0.15, 0.2) is 53.3 Å². The molecule has 1 N–H and O–H groups in total. The lowest BCUT2D eigenvalue weighted by Gasteiger charge is -2.26. The third-order valence-corrected chi connectivity index (χ3v) is 5.35. The molecule has 3 aromatic rings. The number of hydrogen-bond donors (Lipinski definition) is 1. The van der Waals surface area contributed by atoms with Gasteiger partial charge in [-0.25, -0.2) is 4.98 Å². The quantitative estimate of drug-likeness (QED) is 0.742. The molecule has 1 aliphatic heterocycles. The number of rotatable bonds is 5. The third kappa shape index (κ3) is 3.42. The van der Waals surface area contributed by atoms with Gasteiger partial charge in [-0.3, -0.25) is 14.3 Å². The number of aliphatic hydroxyl groups excluding tert-OH is 1. The lowest BCUT2D eigenvalue weighted by molar-refractivity contribution is 0.223. The van der Waals surface area contributed by atoms with Gasteiger partial charge in [-0.1, -0.05) is 24.3 Å². The zero-order chi connectivity index (χ0) is 19.5. The smallest absolute Gasteiger partial charge is 0.261 e. The molecule has 0 radical (unpaired) electrons. The van der Waals surface area contributed by atoms with Gasteiger partial charge in [0.2, 0.25) is 0 Å². The Hall–Kier alpha value is -3.01. The normalized spacial score (nSPS) is 17.1. The number of nitriles is 1. The van der Waals surface area contributed by atoms with Crippen molar-refractivity contribution >= 4 is 10.9 Å². The van der Waals surface area contributed by atoms with Gasteiger partial charge in [0.05, 0.1) is 41.7 Å². The minimum absolute atomic E-state index is 0.0273. The van der Waals surface area contributed by atoms with E-state index >= 15 is 0 Å². The Bertz CT molecular complexity index is 1080. The Kier molecular flexibility index (Phi) is 5.20. The highest BCUT2D eigenvalue weighted by atomic mass is 16.3. The Balaban J connectivity index is 1.71. The maximum absolute atomic E-state index is 13.0. The Morgan fingerprint density at radius 1 is 1.18 bits per heavy atom. The number of para-hydroxylation sites is 1. The van der Waals surface area contributed by atoms with Gasteiger partial charge >= 0.3 is 0 Å². The summed E-state index contributed by atoms with van der Waals surface area (Å²) in [5.74, 6) is 0.726. The second-order valence-electron chi connectivity index (χ2n) is 7.10. The summed E-state index contributed by atoms with van der Waals surface area (Å²) in [4.78, 5) is 20.1. The van der Waals surface area contributed by atoms with E-state index in [1.165, 1.54) is 0 Å². The van der Waals surface area contributed by atoms with E-state index in [2.05, 4.69) is 11.0 Å². The standard InChI is InChI=1S/C22H22N4O2/c23-14-16-7-9-17(10-8-16)15-25-11-3-6-20(25)21-24-19-5-2-1-4-18(19)22(28)26(21)12-13-27/h1-2,4-5,7-10,20,27H,3,6,11-13,15H2. The number of nitrogens with zero attached hydrogens (tertiary/aromatic N) is 4. The summed E-state index contributed by atoms with van der Waals surface area (Å²) >= 11 is 0. The molecular formula is C22H22N4O2. The number of aliphatic hydroxyl groups is 1. The topological polar surface area (TPSA) is 82.2 Å². The summed E-state index contributed by atoms with van der Waals surface area (Å²) in [6.45, 7) is 1.80. The predicted molar refractivity (Wildman–Crippen MR) is 107 cm³/mol. The molecule has 1 saturated heterocycles. The molecule has 6 heteroatoms. The van der Waals surface area contributed by atoms with Crippen LogP contribution in [0.25, 0.3) is 10.9 Å². The summed E-state index contributed by atoms with van der Waals surface area (Å²) in [7, 11) is 0. The minimum atomic E-state index is -0.102. The van der Waals surface area contributed by atoms with Crippen molar-refractivity contribution < 1.29 is 5.11 Å². The first-order valence-electron chi connectivity index (χ1n) is 9.54. The maximum atomic E-state index is 13.0. The lowest BCUT2D eigenvalue weighted by atomic mass is 10.1. The van der Waals surface area contributed by atoms with E-state index in [-0.39, 0.29) is 24.8 Å². The first-order chi connectivity index (χ1) is 13.7. The average molecular weight is 374 g/mol. The van der Waals surface area contributed by atoms with Gasteiger partial charge in [0, 0.05) is 6.54 Å². The van der Waals surface area contributed by atoms with E-state index in [1.807, 2.05) is 42.5 Å². The highest BCUT2D eigenvalue weighted by molar-refractivity contribution is 5.77. The van der Waals surface area contributed by atoms with Crippen molar-refractivity contribution in [1.82, 2.24) is 14.5 Å². The highest BCUT2D eigenvalue weighted by Crippen LogP contribution is 2.32. The molecule has 6 nitrogen and oxygen atoms in total. The van der Waals surface area contributed by atoms with Crippen molar-refractivity contribution in [2.75, 3.05) is 13.2 Å². The first-order valence-corrected chi connectivity index (χ1v) is 9.54. The van der Waals surface area contributed by atoms with Gasteiger partial charge in [-0.15, -0.1) is 0 Å². The predicted octanol–water partition coefficient (Wildman–Crippen LogP) is 2.60. The van der Waals surface area contributed by atoms with Crippen molar-refractivity contribution in [3.63, 3.8) is 0 Å². The van der Waals surface area contributed by atoms with Crippen LogP contribution in [0.4, 0.5) is 0 Å². The molecule has 0 bridgehead atoms. The second-order valence-corrected chi connectivity index (χ2v) is 7.10. The molecule has 2 heterocycles. The number of hydrogen-bond acceptors (Lipinski definition) is 5. The monoisotopic (exact) mass is 374 g/mol. The number of fused-ring (bicyclic) bond motifs is 1. The van der Waals surface area contributed by atoms with Crippen LogP contribution < -0.4 is 5.56 Å². The lowest BCUT2D eigenvalue weighted by Crippen LogP contribution is -2.32. The van der Waals surface area contributed by atoms with Crippen molar-refractivity contribution in [2.45, 2.75) is 32.0 Å². The molecule has 28 heavy (non-hydrogen) atoms. The van der Waals surface area contributed by atoms with Crippen molar-refractivity contribution in [3.8, 4) is 6.07 Å². The molecule has 1 unspecified atom stereocenters. The summed E-state index contributed by atoms with van der Waals surface area (Å²) in [5.41, 5.74) is 2.37. The van der Waals surface area contributed by atoms with E-state index in [9.17, 15) is 9.90 Å².